The second-order valence-corrected chi connectivity index (χ2v) is 5.75. The fourth-order valence-electron chi connectivity index (χ4n) is 2.57. The molecule has 3 nitrogen and oxygen atoms in total. The Labute approximate surface area is 120 Å². The summed E-state index contributed by atoms with van der Waals surface area (Å²) in [6, 6.07) is 7.89. The lowest BCUT2D eigenvalue weighted by Gasteiger charge is -2.34. The first-order chi connectivity index (χ1) is 9.16. The van der Waals surface area contributed by atoms with Crippen LogP contribution in [-0.4, -0.2) is 37.2 Å². The topological polar surface area (TPSA) is 38.5 Å². The number of para-hydroxylation sites is 1. The Bertz CT molecular complexity index is 397. The molecule has 1 fully saturated rings. The number of benzene rings is 1. The van der Waals surface area contributed by atoms with Crippen LogP contribution in [0.25, 0.3) is 0 Å². The van der Waals surface area contributed by atoms with E-state index in [9.17, 15) is 0 Å². The van der Waals surface area contributed by atoms with Crippen LogP contribution in [0, 0.1) is 5.92 Å². The van der Waals surface area contributed by atoms with Crippen LogP contribution in [0.3, 0.4) is 0 Å². The molecule has 19 heavy (non-hydrogen) atoms. The Morgan fingerprint density at radius 1 is 1.47 bits per heavy atom. The van der Waals surface area contributed by atoms with Crippen molar-refractivity contribution in [1.82, 2.24) is 4.90 Å². The van der Waals surface area contributed by atoms with Crippen molar-refractivity contribution in [2.75, 3.05) is 26.2 Å². The van der Waals surface area contributed by atoms with Crippen LogP contribution in [0.4, 0.5) is 0 Å². The van der Waals surface area contributed by atoms with Crippen molar-refractivity contribution >= 4 is 11.6 Å². The predicted molar refractivity (Wildman–Crippen MR) is 79.8 cm³/mol. The molecule has 0 aliphatic carbocycles. The van der Waals surface area contributed by atoms with Crippen molar-refractivity contribution < 1.29 is 4.74 Å². The number of likely N-dealkylation sites (tertiary alicyclic amines) is 1. The molecule has 2 atom stereocenters. The highest BCUT2D eigenvalue weighted by Gasteiger charge is 2.22. The van der Waals surface area contributed by atoms with Gasteiger partial charge in [-0.25, -0.2) is 0 Å². The van der Waals surface area contributed by atoms with E-state index in [2.05, 4.69) is 11.8 Å². The summed E-state index contributed by atoms with van der Waals surface area (Å²) in [6.07, 6.45) is 2.48. The highest BCUT2D eigenvalue weighted by molar-refractivity contribution is 6.32. The number of ether oxygens (including phenoxy) is 1. The number of halogens is 1. The molecule has 1 aromatic rings. The summed E-state index contributed by atoms with van der Waals surface area (Å²) in [5.74, 6) is 1.39. The lowest BCUT2D eigenvalue weighted by Crippen LogP contribution is -2.43. The van der Waals surface area contributed by atoms with Crippen molar-refractivity contribution in [1.29, 1.82) is 0 Å². The van der Waals surface area contributed by atoms with Gasteiger partial charge in [0.1, 0.15) is 12.4 Å². The van der Waals surface area contributed by atoms with E-state index in [1.807, 2.05) is 24.3 Å². The third-order valence-electron chi connectivity index (χ3n) is 3.79. The second-order valence-electron chi connectivity index (χ2n) is 5.34. The van der Waals surface area contributed by atoms with Crippen LogP contribution < -0.4 is 10.5 Å². The third-order valence-corrected chi connectivity index (χ3v) is 4.10. The standard InChI is InChI=1S/C15H23ClN2O/c1-12(17)13-5-4-8-18(11-13)9-10-19-15-7-3-2-6-14(15)16/h2-3,6-7,12-13H,4-5,8-11,17H2,1H3. The number of nitrogens with zero attached hydrogens (tertiary/aromatic N) is 1. The number of piperidine rings is 1. The molecule has 1 aromatic carbocycles. The fourth-order valence-corrected chi connectivity index (χ4v) is 2.76. The lowest BCUT2D eigenvalue weighted by molar-refractivity contribution is 0.137. The smallest absolute Gasteiger partial charge is 0.137 e. The molecule has 2 rings (SSSR count). The number of rotatable bonds is 5. The second kappa shape index (κ2) is 7.13. The van der Waals surface area contributed by atoms with Gasteiger partial charge in [0.15, 0.2) is 0 Å². The van der Waals surface area contributed by atoms with E-state index in [-0.39, 0.29) is 6.04 Å². The zero-order chi connectivity index (χ0) is 13.7. The molecule has 0 amide bonds. The minimum Gasteiger partial charge on any atom is -0.491 e. The van der Waals surface area contributed by atoms with Gasteiger partial charge in [-0.1, -0.05) is 23.7 Å². The number of nitrogens with two attached hydrogens (primary N) is 1. The Hall–Kier alpha value is -0.770. The van der Waals surface area contributed by atoms with E-state index >= 15 is 0 Å². The van der Waals surface area contributed by atoms with Crippen molar-refractivity contribution in [3.05, 3.63) is 29.3 Å². The predicted octanol–water partition coefficient (Wildman–Crippen LogP) is 2.78. The first-order valence-electron chi connectivity index (χ1n) is 7.02. The molecule has 1 aliphatic rings. The molecule has 0 spiro atoms. The van der Waals surface area contributed by atoms with Gasteiger partial charge in [-0.3, -0.25) is 4.90 Å². The SMILES string of the molecule is CC(N)C1CCCN(CCOc2ccccc2Cl)C1. The molecule has 2 unspecified atom stereocenters. The Balaban J connectivity index is 1.75. The van der Waals surface area contributed by atoms with Crippen LogP contribution in [0.2, 0.25) is 5.02 Å². The summed E-state index contributed by atoms with van der Waals surface area (Å²) < 4.78 is 5.73. The monoisotopic (exact) mass is 282 g/mol. The van der Waals surface area contributed by atoms with E-state index in [1.54, 1.807) is 0 Å². The molecule has 0 radical (unpaired) electrons. The molecule has 0 saturated carbocycles. The average Bonchev–Trinajstić information content (AvgIpc) is 2.41. The fraction of sp³-hybridized carbons (Fsp3) is 0.600. The van der Waals surface area contributed by atoms with Crippen LogP contribution in [0.5, 0.6) is 5.75 Å². The van der Waals surface area contributed by atoms with Gasteiger partial charge in [0.05, 0.1) is 5.02 Å². The maximum atomic E-state index is 6.06. The molecule has 0 aromatic heterocycles. The van der Waals surface area contributed by atoms with E-state index < -0.39 is 0 Å². The summed E-state index contributed by atoms with van der Waals surface area (Å²) in [4.78, 5) is 2.44. The van der Waals surface area contributed by atoms with Gasteiger partial charge >= 0.3 is 0 Å². The maximum absolute atomic E-state index is 6.06. The van der Waals surface area contributed by atoms with Crippen molar-refractivity contribution in [3.63, 3.8) is 0 Å². The molecular weight excluding hydrogens is 260 g/mol. The van der Waals surface area contributed by atoms with Gasteiger partial charge in [0.2, 0.25) is 0 Å². The third kappa shape index (κ3) is 4.37. The van der Waals surface area contributed by atoms with E-state index in [0.717, 1.165) is 25.4 Å². The summed E-state index contributed by atoms with van der Waals surface area (Å²) in [7, 11) is 0. The van der Waals surface area contributed by atoms with Crippen LogP contribution in [0.1, 0.15) is 19.8 Å². The zero-order valence-electron chi connectivity index (χ0n) is 11.5. The van der Waals surface area contributed by atoms with Crippen LogP contribution in [-0.2, 0) is 0 Å². The summed E-state index contributed by atoms with van der Waals surface area (Å²) in [6.45, 7) is 5.96. The lowest BCUT2D eigenvalue weighted by atomic mass is 9.92. The van der Waals surface area contributed by atoms with Crippen molar-refractivity contribution in [3.8, 4) is 5.75 Å². The zero-order valence-corrected chi connectivity index (χ0v) is 12.3. The molecule has 1 aliphatic heterocycles. The van der Waals surface area contributed by atoms with E-state index in [4.69, 9.17) is 22.1 Å². The maximum Gasteiger partial charge on any atom is 0.137 e. The van der Waals surface area contributed by atoms with Gasteiger partial charge in [-0.05, 0) is 44.4 Å². The molecule has 4 heteroatoms. The van der Waals surface area contributed by atoms with Crippen molar-refractivity contribution in [2.45, 2.75) is 25.8 Å². The minimum atomic E-state index is 0.285. The first-order valence-corrected chi connectivity index (χ1v) is 7.40. The summed E-state index contributed by atoms with van der Waals surface area (Å²) in [5, 5.41) is 0.676. The van der Waals surface area contributed by atoms with Gasteiger partial charge in [0.25, 0.3) is 0 Å². The Morgan fingerprint density at radius 2 is 2.26 bits per heavy atom. The molecule has 1 heterocycles. The number of hydrogen-bond acceptors (Lipinski definition) is 3. The largest absolute Gasteiger partial charge is 0.491 e. The van der Waals surface area contributed by atoms with Crippen molar-refractivity contribution in [2.24, 2.45) is 11.7 Å². The van der Waals surface area contributed by atoms with Crippen LogP contribution in [0.15, 0.2) is 24.3 Å². The van der Waals surface area contributed by atoms with Gasteiger partial charge in [0, 0.05) is 19.1 Å². The summed E-state index contributed by atoms with van der Waals surface area (Å²) >= 11 is 6.06. The van der Waals surface area contributed by atoms with Gasteiger partial charge < -0.3 is 10.5 Å². The molecular formula is C15H23ClN2O. The average molecular weight is 283 g/mol. The number of hydrogen-bond donors (Lipinski definition) is 1. The Morgan fingerprint density at radius 3 is 3.00 bits per heavy atom. The summed E-state index contributed by atoms with van der Waals surface area (Å²) in [5.41, 5.74) is 5.99. The van der Waals surface area contributed by atoms with E-state index in [1.165, 1.54) is 12.8 Å². The quantitative estimate of drug-likeness (QED) is 0.902. The first kappa shape index (κ1) is 14.6. The molecule has 0 bridgehead atoms. The highest BCUT2D eigenvalue weighted by atomic mass is 35.5. The molecule has 106 valence electrons. The van der Waals surface area contributed by atoms with Gasteiger partial charge in [-0.2, -0.15) is 0 Å². The normalized spacial score (nSPS) is 22.2. The minimum absolute atomic E-state index is 0.285. The Kier molecular flexibility index (Phi) is 5.49. The van der Waals surface area contributed by atoms with E-state index in [0.29, 0.717) is 17.5 Å². The van der Waals surface area contributed by atoms with Crippen LogP contribution >= 0.6 is 11.6 Å². The van der Waals surface area contributed by atoms with Gasteiger partial charge in [-0.15, -0.1) is 0 Å². The highest BCUT2D eigenvalue weighted by Crippen LogP contribution is 2.23. The molecule has 2 N–H and O–H groups in total. The molecule has 1 saturated heterocycles.